The maximum Gasteiger partial charge on any atom is 0.280 e. The number of thiocarbonyl (C=S) groups is 1. The van der Waals surface area contributed by atoms with Gasteiger partial charge in [0.25, 0.3) is 16.7 Å². The number of anilines is 2. The van der Waals surface area contributed by atoms with Crippen LogP contribution in [0.15, 0.2) is 47.4 Å². The molecule has 126 valence electrons. The molecule has 1 fully saturated rings. The minimum Gasteiger partial charge on any atom is -0.331 e. The summed E-state index contributed by atoms with van der Waals surface area (Å²) in [6.45, 7) is 3.91. The third kappa shape index (κ3) is 2.42. The number of amides is 2. The molecule has 1 spiro atoms. The highest BCUT2D eigenvalue weighted by atomic mass is 32.2. The van der Waals surface area contributed by atoms with E-state index in [1.54, 1.807) is 6.07 Å². The number of nitrogens with one attached hydrogen (secondary N) is 2. The zero-order valence-electron chi connectivity index (χ0n) is 13.6. The predicted molar refractivity (Wildman–Crippen MR) is 103 cm³/mol. The molecule has 0 radical (unpaired) electrons. The van der Waals surface area contributed by atoms with Crippen molar-refractivity contribution < 1.29 is 9.59 Å². The summed E-state index contributed by atoms with van der Waals surface area (Å²) in [5.41, 5.74) is 3.43. The van der Waals surface area contributed by atoms with Crippen LogP contribution in [0, 0.1) is 13.8 Å². The van der Waals surface area contributed by atoms with Crippen molar-refractivity contribution in [2.45, 2.75) is 23.6 Å². The van der Waals surface area contributed by atoms with Gasteiger partial charge in [0.05, 0.1) is 11.4 Å². The lowest BCUT2D eigenvalue weighted by molar-refractivity contribution is -0.127. The molecule has 2 amide bonds. The number of carbonyl (C=O) groups is 2. The van der Waals surface area contributed by atoms with E-state index in [1.165, 1.54) is 16.7 Å². The van der Waals surface area contributed by atoms with Gasteiger partial charge in [0.15, 0.2) is 5.11 Å². The maximum atomic E-state index is 13.2. The Morgan fingerprint density at radius 2 is 1.84 bits per heavy atom. The molecule has 2 aliphatic rings. The second kappa shape index (κ2) is 5.57. The minimum absolute atomic E-state index is 0.231. The van der Waals surface area contributed by atoms with Crippen molar-refractivity contribution in [1.82, 2.24) is 5.32 Å². The van der Waals surface area contributed by atoms with E-state index in [-0.39, 0.29) is 11.0 Å². The average Bonchev–Trinajstić information content (AvgIpc) is 2.80. The molecule has 1 unspecified atom stereocenters. The summed E-state index contributed by atoms with van der Waals surface area (Å²) >= 11 is 6.58. The van der Waals surface area contributed by atoms with E-state index in [0.717, 1.165) is 16.0 Å². The summed E-state index contributed by atoms with van der Waals surface area (Å²) in [7, 11) is 0. The lowest BCUT2D eigenvalue weighted by atomic mass is 10.1. The van der Waals surface area contributed by atoms with Gasteiger partial charge in [0, 0.05) is 4.90 Å². The molecule has 2 aromatic rings. The zero-order chi connectivity index (χ0) is 17.8. The molecule has 2 heterocycles. The average molecular weight is 369 g/mol. The molecule has 4 rings (SSSR count). The van der Waals surface area contributed by atoms with Gasteiger partial charge in [-0.15, -0.1) is 0 Å². The van der Waals surface area contributed by atoms with Crippen molar-refractivity contribution >= 4 is 52.3 Å². The normalized spacial score (nSPS) is 22.0. The highest BCUT2D eigenvalue weighted by Gasteiger charge is 2.58. The number of aryl methyl sites for hydroxylation is 2. The molecule has 7 heteroatoms. The third-order valence-electron chi connectivity index (χ3n) is 4.22. The number of thioether (sulfide) groups is 1. The summed E-state index contributed by atoms with van der Waals surface area (Å²) in [6, 6.07) is 13.2. The van der Waals surface area contributed by atoms with Crippen LogP contribution in [0.1, 0.15) is 11.1 Å². The molecule has 1 atom stereocenters. The molecular weight excluding hydrogens is 354 g/mol. The molecule has 0 bridgehead atoms. The number of hydrogen-bond donors (Lipinski definition) is 2. The van der Waals surface area contributed by atoms with Crippen LogP contribution in [-0.4, -0.2) is 21.8 Å². The van der Waals surface area contributed by atoms with Gasteiger partial charge < -0.3 is 10.6 Å². The summed E-state index contributed by atoms with van der Waals surface area (Å²) in [4.78, 5) is 26.7. The quantitative estimate of drug-likeness (QED) is 0.598. The summed E-state index contributed by atoms with van der Waals surface area (Å²) < 4.78 is 0. The van der Waals surface area contributed by atoms with Crippen LogP contribution >= 0.6 is 24.0 Å². The number of hydrogen-bond acceptors (Lipinski definition) is 4. The van der Waals surface area contributed by atoms with Gasteiger partial charge in [-0.1, -0.05) is 30.0 Å². The lowest BCUT2D eigenvalue weighted by Gasteiger charge is -2.31. The van der Waals surface area contributed by atoms with E-state index in [4.69, 9.17) is 12.2 Å². The summed E-state index contributed by atoms with van der Waals surface area (Å²) in [6.07, 6.45) is 0. The van der Waals surface area contributed by atoms with E-state index < -0.39 is 10.8 Å². The van der Waals surface area contributed by atoms with Crippen molar-refractivity contribution in [2.75, 3.05) is 10.2 Å². The van der Waals surface area contributed by atoms with Crippen LogP contribution in [0.25, 0.3) is 0 Å². The first-order chi connectivity index (χ1) is 11.9. The van der Waals surface area contributed by atoms with Crippen LogP contribution in [0.3, 0.4) is 0 Å². The highest BCUT2D eigenvalue weighted by molar-refractivity contribution is 8.02. The van der Waals surface area contributed by atoms with Gasteiger partial charge in [-0.2, -0.15) is 0 Å². The van der Waals surface area contributed by atoms with Crippen LogP contribution in [0.4, 0.5) is 11.4 Å². The molecule has 25 heavy (non-hydrogen) atoms. The third-order valence-corrected chi connectivity index (χ3v) is 5.83. The Bertz CT molecular complexity index is 944. The Labute approximate surface area is 154 Å². The molecule has 0 aromatic heterocycles. The van der Waals surface area contributed by atoms with Crippen LogP contribution < -0.4 is 15.5 Å². The molecule has 5 nitrogen and oxygen atoms in total. The van der Waals surface area contributed by atoms with Crippen LogP contribution in [0.5, 0.6) is 0 Å². The Morgan fingerprint density at radius 1 is 1.08 bits per heavy atom. The van der Waals surface area contributed by atoms with Crippen molar-refractivity contribution in [3.05, 3.63) is 53.6 Å². The smallest absolute Gasteiger partial charge is 0.280 e. The maximum absolute atomic E-state index is 13.2. The first-order valence-corrected chi connectivity index (χ1v) is 8.98. The fraction of sp³-hybridized carbons (Fsp3) is 0.167. The second-order valence-electron chi connectivity index (χ2n) is 6.15. The summed E-state index contributed by atoms with van der Waals surface area (Å²) in [5.74, 6) is -0.783. The van der Waals surface area contributed by atoms with Gasteiger partial charge in [0.2, 0.25) is 0 Å². The Morgan fingerprint density at radius 3 is 2.60 bits per heavy atom. The molecule has 0 saturated carbocycles. The molecule has 1 saturated heterocycles. The molecule has 2 N–H and O–H groups in total. The van der Waals surface area contributed by atoms with Gasteiger partial charge in [-0.05, 0) is 61.5 Å². The molecular formula is C18H15N3O2S2. The van der Waals surface area contributed by atoms with Crippen LogP contribution in [-0.2, 0) is 9.59 Å². The van der Waals surface area contributed by atoms with E-state index in [1.807, 2.05) is 50.2 Å². The van der Waals surface area contributed by atoms with Gasteiger partial charge in [-0.3, -0.25) is 14.5 Å². The number of benzene rings is 2. The molecule has 0 aliphatic carbocycles. The zero-order valence-corrected chi connectivity index (χ0v) is 15.3. The largest absolute Gasteiger partial charge is 0.331 e. The van der Waals surface area contributed by atoms with Gasteiger partial charge >= 0.3 is 0 Å². The van der Waals surface area contributed by atoms with Crippen LogP contribution in [0.2, 0.25) is 0 Å². The van der Waals surface area contributed by atoms with E-state index in [2.05, 4.69) is 10.6 Å². The first kappa shape index (κ1) is 16.1. The molecule has 2 aliphatic heterocycles. The van der Waals surface area contributed by atoms with Crippen molar-refractivity contribution in [3.63, 3.8) is 0 Å². The lowest BCUT2D eigenvalue weighted by Crippen LogP contribution is -2.55. The van der Waals surface area contributed by atoms with E-state index in [9.17, 15) is 9.59 Å². The van der Waals surface area contributed by atoms with Gasteiger partial charge in [0.1, 0.15) is 0 Å². The van der Waals surface area contributed by atoms with E-state index in [0.29, 0.717) is 11.4 Å². The first-order valence-electron chi connectivity index (χ1n) is 7.75. The number of fused-ring (bicyclic) bond motifs is 1. The minimum atomic E-state index is -1.47. The number of carbonyl (C=O) groups excluding carboxylic acids is 2. The fourth-order valence-electron chi connectivity index (χ4n) is 2.97. The summed E-state index contributed by atoms with van der Waals surface area (Å²) in [5, 5.41) is 6.01. The monoisotopic (exact) mass is 369 g/mol. The molecule has 2 aromatic carbocycles. The van der Waals surface area contributed by atoms with Crippen molar-refractivity contribution in [1.29, 1.82) is 0 Å². The number of nitrogens with zero attached hydrogens (tertiary/aromatic N) is 1. The van der Waals surface area contributed by atoms with Gasteiger partial charge in [-0.25, -0.2) is 0 Å². The van der Waals surface area contributed by atoms with Crippen molar-refractivity contribution in [3.8, 4) is 0 Å². The van der Waals surface area contributed by atoms with Crippen molar-refractivity contribution in [2.24, 2.45) is 0 Å². The standard InChI is InChI=1S/C18H15N3O2S2/c1-10-4-3-5-12(8-10)21-16(23)18(20-17(21)24)15(22)19-13-7-6-11(2)9-14(13)25-18/h3-9H,1-2H3,(H,19,22)(H,20,24). The topological polar surface area (TPSA) is 61.4 Å². The second-order valence-corrected chi connectivity index (χ2v) is 7.79. The number of rotatable bonds is 1. The Kier molecular flexibility index (Phi) is 3.59. The SMILES string of the molecule is Cc1cccc(N2C(=O)C3(NC2=S)Sc2cc(C)ccc2NC3=O)c1. The highest BCUT2D eigenvalue weighted by Crippen LogP contribution is 2.45. The Balaban J connectivity index is 1.77. The van der Waals surface area contributed by atoms with E-state index >= 15 is 0 Å². The predicted octanol–water partition coefficient (Wildman–Crippen LogP) is 2.97. The fourth-order valence-corrected chi connectivity index (χ4v) is 4.65. The Hall–Kier alpha value is -2.38.